The molecule has 1 fully saturated rings. The lowest BCUT2D eigenvalue weighted by Crippen LogP contribution is -2.25. The maximum Gasteiger partial charge on any atom is 0.225 e. The standard InChI is InChI=1S/C12H20N4O/c1-8-3-5-9(6-4-8)14-10-7-11(17-2)16-12(13)15-10/h7-9H,3-6H2,1-2H3,(H3,13,14,15,16). The third-order valence-electron chi connectivity index (χ3n) is 3.30. The fourth-order valence-corrected chi connectivity index (χ4v) is 2.23. The first-order chi connectivity index (χ1) is 8.17. The van der Waals surface area contributed by atoms with Crippen LogP contribution in [0, 0.1) is 5.92 Å². The van der Waals surface area contributed by atoms with E-state index >= 15 is 0 Å². The van der Waals surface area contributed by atoms with Crippen molar-refractivity contribution in [1.29, 1.82) is 0 Å². The molecule has 0 radical (unpaired) electrons. The van der Waals surface area contributed by atoms with Crippen molar-refractivity contribution in [3.05, 3.63) is 6.07 Å². The van der Waals surface area contributed by atoms with Crippen molar-refractivity contribution in [2.75, 3.05) is 18.2 Å². The zero-order valence-corrected chi connectivity index (χ0v) is 10.4. The van der Waals surface area contributed by atoms with Gasteiger partial charge in [0.15, 0.2) is 0 Å². The van der Waals surface area contributed by atoms with E-state index in [1.165, 1.54) is 25.7 Å². The molecule has 1 aromatic heterocycles. The van der Waals surface area contributed by atoms with Crippen LogP contribution >= 0.6 is 0 Å². The van der Waals surface area contributed by atoms with Crippen molar-refractivity contribution in [1.82, 2.24) is 9.97 Å². The van der Waals surface area contributed by atoms with Gasteiger partial charge in [-0.2, -0.15) is 9.97 Å². The number of hydrogen-bond donors (Lipinski definition) is 2. The SMILES string of the molecule is COc1cc(NC2CCC(C)CC2)nc(N)n1. The van der Waals surface area contributed by atoms with Gasteiger partial charge in [0.25, 0.3) is 0 Å². The molecule has 1 aromatic rings. The first kappa shape index (κ1) is 12.0. The Kier molecular flexibility index (Phi) is 3.66. The summed E-state index contributed by atoms with van der Waals surface area (Å²) in [6, 6.07) is 2.28. The topological polar surface area (TPSA) is 73.1 Å². The highest BCUT2D eigenvalue weighted by molar-refractivity contribution is 5.43. The lowest BCUT2D eigenvalue weighted by atomic mass is 9.87. The second kappa shape index (κ2) is 5.21. The molecule has 1 aliphatic carbocycles. The van der Waals surface area contributed by atoms with E-state index in [1.807, 2.05) is 0 Å². The van der Waals surface area contributed by atoms with Gasteiger partial charge in [0.2, 0.25) is 11.8 Å². The van der Waals surface area contributed by atoms with E-state index in [4.69, 9.17) is 10.5 Å². The minimum atomic E-state index is 0.246. The molecule has 1 aliphatic rings. The first-order valence-electron chi connectivity index (χ1n) is 6.12. The van der Waals surface area contributed by atoms with Crippen LogP contribution in [0.25, 0.3) is 0 Å². The average molecular weight is 236 g/mol. The summed E-state index contributed by atoms with van der Waals surface area (Å²) < 4.78 is 5.07. The van der Waals surface area contributed by atoms with E-state index in [1.54, 1.807) is 13.2 Å². The van der Waals surface area contributed by atoms with Crippen LogP contribution in [0.3, 0.4) is 0 Å². The van der Waals surface area contributed by atoms with E-state index in [-0.39, 0.29) is 5.95 Å². The molecule has 0 aliphatic heterocycles. The molecule has 2 rings (SSSR count). The van der Waals surface area contributed by atoms with E-state index in [2.05, 4.69) is 22.2 Å². The molecule has 0 unspecified atom stereocenters. The fourth-order valence-electron chi connectivity index (χ4n) is 2.23. The maximum absolute atomic E-state index is 5.62. The Hall–Kier alpha value is -1.52. The zero-order chi connectivity index (χ0) is 12.3. The summed E-state index contributed by atoms with van der Waals surface area (Å²) >= 11 is 0. The Labute approximate surface area is 102 Å². The number of nitrogens with one attached hydrogen (secondary N) is 1. The molecular weight excluding hydrogens is 216 g/mol. The molecule has 0 saturated heterocycles. The van der Waals surface area contributed by atoms with E-state index in [0.717, 1.165) is 11.7 Å². The van der Waals surface area contributed by atoms with Crippen molar-refractivity contribution in [3.63, 3.8) is 0 Å². The minimum Gasteiger partial charge on any atom is -0.481 e. The van der Waals surface area contributed by atoms with Crippen LogP contribution in [0.15, 0.2) is 6.07 Å². The number of nitrogen functional groups attached to an aromatic ring is 1. The summed E-state index contributed by atoms with van der Waals surface area (Å²) in [6.07, 6.45) is 4.92. The van der Waals surface area contributed by atoms with E-state index < -0.39 is 0 Å². The summed E-state index contributed by atoms with van der Waals surface area (Å²) in [4.78, 5) is 8.13. The van der Waals surface area contributed by atoms with Gasteiger partial charge in [0, 0.05) is 12.1 Å². The second-order valence-corrected chi connectivity index (χ2v) is 4.75. The summed E-state index contributed by atoms with van der Waals surface area (Å²) in [5.41, 5.74) is 5.62. The number of anilines is 2. The molecule has 0 atom stereocenters. The molecule has 17 heavy (non-hydrogen) atoms. The Morgan fingerprint density at radius 1 is 1.29 bits per heavy atom. The van der Waals surface area contributed by atoms with Crippen molar-refractivity contribution in [2.45, 2.75) is 38.6 Å². The number of hydrogen-bond acceptors (Lipinski definition) is 5. The average Bonchev–Trinajstić information content (AvgIpc) is 2.31. The van der Waals surface area contributed by atoms with Crippen LogP contribution in [0.5, 0.6) is 5.88 Å². The molecule has 0 spiro atoms. The van der Waals surface area contributed by atoms with Crippen LogP contribution < -0.4 is 15.8 Å². The molecule has 1 saturated carbocycles. The van der Waals surface area contributed by atoms with Crippen molar-refractivity contribution < 1.29 is 4.74 Å². The lowest BCUT2D eigenvalue weighted by molar-refractivity contribution is 0.360. The summed E-state index contributed by atoms with van der Waals surface area (Å²) in [5.74, 6) is 2.35. The monoisotopic (exact) mass is 236 g/mol. The van der Waals surface area contributed by atoms with E-state index in [0.29, 0.717) is 11.9 Å². The van der Waals surface area contributed by atoms with Crippen LogP contribution in [0.2, 0.25) is 0 Å². The van der Waals surface area contributed by atoms with E-state index in [9.17, 15) is 0 Å². The van der Waals surface area contributed by atoms with Gasteiger partial charge in [-0.1, -0.05) is 6.92 Å². The molecule has 94 valence electrons. The van der Waals surface area contributed by atoms with Gasteiger partial charge in [-0.05, 0) is 31.6 Å². The lowest BCUT2D eigenvalue weighted by Gasteiger charge is -2.27. The van der Waals surface area contributed by atoms with Gasteiger partial charge in [0.05, 0.1) is 7.11 Å². The van der Waals surface area contributed by atoms with Crippen LogP contribution in [-0.2, 0) is 0 Å². The number of nitrogens with two attached hydrogens (primary N) is 1. The normalized spacial score (nSPS) is 24.4. The second-order valence-electron chi connectivity index (χ2n) is 4.75. The Balaban J connectivity index is 2.00. The minimum absolute atomic E-state index is 0.246. The predicted octanol–water partition coefficient (Wildman–Crippen LogP) is 2.06. The molecule has 1 heterocycles. The molecule has 5 nitrogen and oxygen atoms in total. The van der Waals surface area contributed by atoms with Gasteiger partial charge in [0.1, 0.15) is 5.82 Å². The third kappa shape index (κ3) is 3.22. The largest absolute Gasteiger partial charge is 0.481 e. The number of nitrogens with zero attached hydrogens (tertiary/aromatic N) is 2. The van der Waals surface area contributed by atoms with Crippen molar-refractivity contribution in [2.24, 2.45) is 5.92 Å². The smallest absolute Gasteiger partial charge is 0.225 e. The summed E-state index contributed by atoms with van der Waals surface area (Å²) in [7, 11) is 1.58. The van der Waals surface area contributed by atoms with Gasteiger partial charge in [-0.15, -0.1) is 0 Å². The Morgan fingerprint density at radius 2 is 2.00 bits per heavy atom. The molecular formula is C12H20N4O. The number of methoxy groups -OCH3 is 1. The number of rotatable bonds is 3. The van der Waals surface area contributed by atoms with Gasteiger partial charge < -0.3 is 15.8 Å². The Bertz CT molecular complexity index is 375. The van der Waals surface area contributed by atoms with Crippen molar-refractivity contribution in [3.8, 4) is 5.88 Å². The number of ether oxygens (including phenoxy) is 1. The van der Waals surface area contributed by atoms with Crippen LogP contribution in [-0.4, -0.2) is 23.1 Å². The fraction of sp³-hybridized carbons (Fsp3) is 0.667. The molecule has 5 heteroatoms. The van der Waals surface area contributed by atoms with Gasteiger partial charge >= 0.3 is 0 Å². The zero-order valence-electron chi connectivity index (χ0n) is 10.4. The molecule has 3 N–H and O–H groups in total. The van der Waals surface area contributed by atoms with Crippen molar-refractivity contribution >= 4 is 11.8 Å². The summed E-state index contributed by atoms with van der Waals surface area (Å²) in [5, 5.41) is 3.41. The Morgan fingerprint density at radius 3 is 2.65 bits per heavy atom. The molecule has 0 aromatic carbocycles. The summed E-state index contributed by atoms with van der Waals surface area (Å²) in [6.45, 7) is 2.31. The quantitative estimate of drug-likeness (QED) is 0.840. The third-order valence-corrected chi connectivity index (χ3v) is 3.30. The highest BCUT2D eigenvalue weighted by Crippen LogP contribution is 2.26. The first-order valence-corrected chi connectivity index (χ1v) is 6.12. The maximum atomic E-state index is 5.62. The van der Waals surface area contributed by atoms with Crippen LogP contribution in [0.1, 0.15) is 32.6 Å². The highest BCUT2D eigenvalue weighted by atomic mass is 16.5. The predicted molar refractivity (Wildman–Crippen MR) is 68.0 cm³/mol. The van der Waals surface area contributed by atoms with Crippen LogP contribution in [0.4, 0.5) is 11.8 Å². The van der Waals surface area contributed by atoms with Gasteiger partial charge in [-0.3, -0.25) is 0 Å². The highest BCUT2D eigenvalue weighted by Gasteiger charge is 2.18. The molecule has 0 amide bonds. The number of aromatic nitrogens is 2. The van der Waals surface area contributed by atoms with Gasteiger partial charge in [-0.25, -0.2) is 0 Å². The molecule has 0 bridgehead atoms.